The van der Waals surface area contributed by atoms with Gasteiger partial charge >= 0.3 is 11.8 Å². The zero-order chi connectivity index (χ0) is 19.3. The molecule has 0 unspecified atom stereocenters. The van der Waals surface area contributed by atoms with E-state index in [1.165, 1.54) is 24.7 Å². The van der Waals surface area contributed by atoms with Gasteiger partial charge in [-0.3, -0.25) is 9.59 Å². The number of rotatable bonds is 6. The molecule has 0 saturated carbocycles. The fraction of sp³-hybridized carbons (Fsp3) is 0.158. The van der Waals surface area contributed by atoms with Crippen molar-refractivity contribution in [2.24, 2.45) is 0 Å². The molecule has 0 aliphatic carbocycles. The molecule has 2 aromatic heterocycles. The van der Waals surface area contributed by atoms with Crippen LogP contribution in [0.1, 0.15) is 11.3 Å². The molecular weight excluding hydrogens is 368 g/mol. The smallest absolute Gasteiger partial charge is 0.313 e. The van der Waals surface area contributed by atoms with E-state index in [4.69, 9.17) is 9.15 Å². The van der Waals surface area contributed by atoms with Crippen molar-refractivity contribution >= 4 is 28.8 Å². The highest BCUT2D eigenvalue weighted by molar-refractivity contribution is 7.08. The van der Waals surface area contributed by atoms with Crippen molar-refractivity contribution in [2.75, 3.05) is 19.0 Å². The third-order valence-corrected chi connectivity index (χ3v) is 4.68. The monoisotopic (exact) mass is 386 g/mol. The first-order valence-corrected chi connectivity index (χ1v) is 9.00. The van der Waals surface area contributed by atoms with Crippen LogP contribution in [0.25, 0.3) is 0 Å². The molecule has 0 bridgehead atoms. The van der Waals surface area contributed by atoms with Crippen LogP contribution >= 0.6 is 11.3 Å². The van der Waals surface area contributed by atoms with Gasteiger partial charge in [-0.25, -0.2) is 0 Å². The number of furan rings is 1. The van der Waals surface area contributed by atoms with Crippen molar-refractivity contribution in [3.63, 3.8) is 0 Å². The van der Waals surface area contributed by atoms with E-state index in [0.29, 0.717) is 17.0 Å². The Morgan fingerprint density at radius 2 is 2.00 bits per heavy atom. The summed E-state index contributed by atoms with van der Waals surface area (Å²) in [6.45, 7) is -0.227. The second kappa shape index (κ2) is 8.07. The third kappa shape index (κ3) is 4.02. The number of amides is 2. The Morgan fingerprint density at radius 1 is 1.19 bits per heavy atom. The molecule has 7 nitrogen and oxygen atoms in total. The summed E-state index contributed by atoms with van der Waals surface area (Å²) < 4.78 is 10.5. The SMILES string of the molecule is COc1ccccc1NC(=O)C(=O)NC[C@@](O)(c1ccsc1)c1ccco1. The second-order valence-corrected chi connectivity index (χ2v) is 6.47. The summed E-state index contributed by atoms with van der Waals surface area (Å²) in [6.07, 6.45) is 1.43. The molecule has 140 valence electrons. The minimum Gasteiger partial charge on any atom is -0.495 e. The lowest BCUT2D eigenvalue weighted by atomic mass is 9.93. The molecule has 0 spiro atoms. The van der Waals surface area contributed by atoms with Gasteiger partial charge in [0.1, 0.15) is 11.5 Å². The van der Waals surface area contributed by atoms with Crippen molar-refractivity contribution in [1.29, 1.82) is 0 Å². The Hall–Kier alpha value is -3.10. The van der Waals surface area contributed by atoms with Gasteiger partial charge in [-0.05, 0) is 41.1 Å². The molecule has 0 radical (unpaired) electrons. The van der Waals surface area contributed by atoms with Gasteiger partial charge in [-0.1, -0.05) is 12.1 Å². The maximum atomic E-state index is 12.2. The van der Waals surface area contributed by atoms with E-state index >= 15 is 0 Å². The Balaban J connectivity index is 1.70. The molecule has 0 fully saturated rings. The van der Waals surface area contributed by atoms with Gasteiger partial charge in [0.2, 0.25) is 0 Å². The summed E-state index contributed by atoms with van der Waals surface area (Å²) in [6, 6.07) is 11.7. The number of benzene rings is 1. The molecule has 27 heavy (non-hydrogen) atoms. The highest BCUT2D eigenvalue weighted by Crippen LogP contribution is 2.31. The molecule has 2 heterocycles. The van der Waals surface area contributed by atoms with E-state index < -0.39 is 17.4 Å². The Kier molecular flexibility index (Phi) is 5.58. The highest BCUT2D eigenvalue weighted by atomic mass is 32.1. The minimum atomic E-state index is -1.58. The van der Waals surface area contributed by atoms with E-state index in [1.807, 2.05) is 0 Å². The number of nitrogens with one attached hydrogen (secondary N) is 2. The topological polar surface area (TPSA) is 101 Å². The summed E-state index contributed by atoms with van der Waals surface area (Å²) >= 11 is 1.40. The number of carbonyl (C=O) groups excluding carboxylic acids is 2. The molecule has 3 aromatic rings. The highest BCUT2D eigenvalue weighted by Gasteiger charge is 2.36. The predicted octanol–water partition coefficient (Wildman–Crippen LogP) is 2.34. The average molecular weight is 386 g/mol. The molecular formula is C19H18N2O5S. The zero-order valence-corrected chi connectivity index (χ0v) is 15.3. The van der Waals surface area contributed by atoms with E-state index in [9.17, 15) is 14.7 Å². The van der Waals surface area contributed by atoms with E-state index in [-0.39, 0.29) is 12.3 Å². The van der Waals surface area contributed by atoms with Gasteiger partial charge in [0, 0.05) is 5.56 Å². The lowest BCUT2D eigenvalue weighted by Crippen LogP contribution is -2.45. The molecule has 0 aliphatic rings. The normalized spacial score (nSPS) is 12.8. The van der Waals surface area contributed by atoms with Crippen molar-refractivity contribution in [3.05, 3.63) is 70.8 Å². The molecule has 8 heteroatoms. The van der Waals surface area contributed by atoms with Gasteiger partial charge in [0.05, 0.1) is 25.6 Å². The fourth-order valence-electron chi connectivity index (χ4n) is 2.56. The zero-order valence-electron chi connectivity index (χ0n) is 14.5. The number of ether oxygens (including phenoxy) is 1. The number of hydrogen-bond acceptors (Lipinski definition) is 6. The maximum Gasteiger partial charge on any atom is 0.313 e. The van der Waals surface area contributed by atoms with Crippen LogP contribution < -0.4 is 15.4 Å². The van der Waals surface area contributed by atoms with Crippen LogP contribution in [0.5, 0.6) is 5.75 Å². The Labute approximate surface area is 159 Å². The van der Waals surface area contributed by atoms with Crippen molar-refractivity contribution in [1.82, 2.24) is 5.32 Å². The van der Waals surface area contributed by atoms with Crippen molar-refractivity contribution in [2.45, 2.75) is 5.60 Å². The lowest BCUT2D eigenvalue weighted by molar-refractivity contribution is -0.136. The quantitative estimate of drug-likeness (QED) is 0.565. The summed E-state index contributed by atoms with van der Waals surface area (Å²) in [5.74, 6) is -1.05. The van der Waals surface area contributed by atoms with E-state index in [0.717, 1.165) is 0 Å². The standard InChI is InChI=1S/C19H18N2O5S/c1-25-15-6-3-2-5-14(15)21-18(23)17(22)20-12-19(24,13-8-10-27-11-13)16-7-4-9-26-16/h2-11,24H,12H2,1H3,(H,20,22)(H,21,23)/t19-/m1/s1. The number of thiophene rings is 1. The first-order chi connectivity index (χ1) is 13.0. The van der Waals surface area contributed by atoms with Crippen LogP contribution in [0.2, 0.25) is 0 Å². The number of methoxy groups -OCH3 is 1. The van der Waals surface area contributed by atoms with Crippen molar-refractivity contribution < 1.29 is 23.8 Å². The fourth-order valence-corrected chi connectivity index (χ4v) is 3.28. The third-order valence-electron chi connectivity index (χ3n) is 3.99. The van der Waals surface area contributed by atoms with Crippen molar-refractivity contribution in [3.8, 4) is 5.75 Å². The van der Waals surface area contributed by atoms with Gasteiger partial charge in [-0.15, -0.1) is 0 Å². The van der Waals surface area contributed by atoms with E-state index in [1.54, 1.807) is 53.2 Å². The Bertz CT molecular complexity index is 872. The van der Waals surface area contributed by atoms with Crippen LogP contribution in [-0.2, 0) is 15.2 Å². The van der Waals surface area contributed by atoms with Crippen LogP contribution in [-0.4, -0.2) is 30.6 Å². The number of para-hydroxylation sites is 2. The van der Waals surface area contributed by atoms with E-state index in [2.05, 4.69) is 10.6 Å². The molecule has 0 saturated heterocycles. The largest absolute Gasteiger partial charge is 0.495 e. The molecule has 3 rings (SSSR count). The van der Waals surface area contributed by atoms with Gasteiger partial charge in [-0.2, -0.15) is 11.3 Å². The van der Waals surface area contributed by atoms with Gasteiger partial charge in [0.25, 0.3) is 0 Å². The lowest BCUT2D eigenvalue weighted by Gasteiger charge is -2.25. The van der Waals surface area contributed by atoms with Crippen LogP contribution in [0, 0.1) is 0 Å². The number of anilines is 1. The summed E-state index contributed by atoms with van der Waals surface area (Å²) in [4.78, 5) is 24.4. The first kappa shape index (κ1) is 18.7. The molecule has 1 atom stereocenters. The van der Waals surface area contributed by atoms with Gasteiger partial charge < -0.3 is 24.9 Å². The molecule has 3 N–H and O–H groups in total. The molecule has 0 aliphatic heterocycles. The number of hydrogen-bond donors (Lipinski definition) is 3. The first-order valence-electron chi connectivity index (χ1n) is 8.06. The number of aliphatic hydroxyl groups is 1. The second-order valence-electron chi connectivity index (χ2n) is 5.69. The van der Waals surface area contributed by atoms with Crippen LogP contribution in [0.3, 0.4) is 0 Å². The van der Waals surface area contributed by atoms with Gasteiger partial charge in [0.15, 0.2) is 5.60 Å². The predicted molar refractivity (Wildman–Crippen MR) is 101 cm³/mol. The maximum absolute atomic E-state index is 12.2. The number of carbonyl (C=O) groups is 2. The molecule has 2 amide bonds. The average Bonchev–Trinajstić information content (AvgIpc) is 3.40. The van der Waals surface area contributed by atoms with Crippen LogP contribution in [0.15, 0.2) is 63.9 Å². The Morgan fingerprint density at radius 3 is 2.67 bits per heavy atom. The summed E-state index contributed by atoms with van der Waals surface area (Å²) in [7, 11) is 1.47. The molecule has 1 aromatic carbocycles. The van der Waals surface area contributed by atoms with Crippen LogP contribution in [0.4, 0.5) is 5.69 Å². The summed E-state index contributed by atoms with van der Waals surface area (Å²) in [5, 5.41) is 19.6. The summed E-state index contributed by atoms with van der Waals surface area (Å²) in [5.41, 5.74) is -0.642. The minimum absolute atomic E-state index is 0.227.